The van der Waals surface area contributed by atoms with Gasteiger partial charge in [-0.2, -0.15) is 0 Å². The van der Waals surface area contributed by atoms with E-state index in [1.807, 2.05) is 31.2 Å². The van der Waals surface area contributed by atoms with Gasteiger partial charge in [-0.05, 0) is 37.1 Å². The molecule has 7 nitrogen and oxygen atoms in total. The molecule has 1 fully saturated rings. The number of hydrogen-bond acceptors (Lipinski definition) is 7. The average molecular weight is 422 g/mol. The molecule has 5 N–H and O–H groups in total. The van der Waals surface area contributed by atoms with Crippen LogP contribution >= 0.6 is 0 Å². The maximum Gasteiger partial charge on any atom is 0.229 e. The molecule has 2 aromatic carbocycles. The number of halogens is 1. The molecule has 0 saturated carbocycles. The molecular weight excluding hydrogens is 395 g/mol. The Kier molecular flexibility index (Phi) is 7.07. The van der Waals surface area contributed by atoms with E-state index in [9.17, 15) is 29.9 Å². The van der Waals surface area contributed by atoms with Gasteiger partial charge in [-0.25, -0.2) is 4.39 Å². The van der Waals surface area contributed by atoms with E-state index in [0.29, 0.717) is 0 Å². The molecule has 0 radical (unpaired) electrons. The van der Waals surface area contributed by atoms with Crippen molar-refractivity contribution >= 4 is 0 Å². The Bertz CT molecular complexity index is 855. The van der Waals surface area contributed by atoms with E-state index < -0.39 is 49.2 Å². The molecule has 30 heavy (non-hydrogen) atoms. The van der Waals surface area contributed by atoms with Crippen LogP contribution in [0.4, 0.5) is 4.39 Å². The Morgan fingerprint density at radius 1 is 1.03 bits per heavy atom. The number of aryl methyl sites for hydroxylation is 1. The smallest absolute Gasteiger partial charge is 0.229 e. The average Bonchev–Trinajstić information content (AvgIpc) is 2.71. The fourth-order valence-electron chi connectivity index (χ4n) is 3.44. The Labute approximate surface area is 173 Å². The summed E-state index contributed by atoms with van der Waals surface area (Å²) in [5.41, 5.74) is 2.32. The van der Waals surface area contributed by atoms with Crippen molar-refractivity contribution in [2.24, 2.45) is 0 Å². The van der Waals surface area contributed by atoms with Crippen LogP contribution in [0.5, 0.6) is 5.75 Å². The molecule has 0 bridgehead atoms. The first-order valence-corrected chi connectivity index (χ1v) is 9.73. The minimum absolute atomic E-state index is 0.0246. The fraction of sp³-hybridized carbons (Fsp3) is 0.455. The van der Waals surface area contributed by atoms with Gasteiger partial charge in [0.05, 0.1) is 12.7 Å². The quantitative estimate of drug-likeness (QED) is 0.467. The van der Waals surface area contributed by atoms with Gasteiger partial charge in [-0.3, -0.25) is 0 Å². The molecule has 1 saturated heterocycles. The maximum absolute atomic E-state index is 14.8. The number of aliphatic hydroxyl groups excluding tert-OH is 5. The van der Waals surface area contributed by atoms with Crippen LogP contribution < -0.4 is 4.74 Å². The summed E-state index contributed by atoms with van der Waals surface area (Å²) < 4.78 is 26.0. The number of hydrogen-bond donors (Lipinski definition) is 5. The topological polar surface area (TPSA) is 120 Å². The van der Waals surface area contributed by atoms with Gasteiger partial charge in [0, 0.05) is 12.0 Å². The van der Waals surface area contributed by atoms with Crippen molar-refractivity contribution in [1.29, 1.82) is 0 Å². The molecule has 3 rings (SSSR count). The fourth-order valence-corrected chi connectivity index (χ4v) is 3.44. The highest BCUT2D eigenvalue weighted by atomic mass is 19.1. The normalized spacial score (nSPS) is 27.7. The second-order valence-electron chi connectivity index (χ2n) is 7.67. The maximum atomic E-state index is 14.8. The van der Waals surface area contributed by atoms with Crippen molar-refractivity contribution < 1.29 is 39.4 Å². The minimum atomic E-state index is -1.64. The van der Waals surface area contributed by atoms with E-state index in [0.717, 1.165) is 11.1 Å². The van der Waals surface area contributed by atoms with Gasteiger partial charge in [0.1, 0.15) is 36.0 Å². The third-order valence-corrected chi connectivity index (χ3v) is 5.22. The van der Waals surface area contributed by atoms with Crippen molar-refractivity contribution in [2.75, 3.05) is 0 Å². The Morgan fingerprint density at radius 3 is 2.30 bits per heavy atom. The van der Waals surface area contributed by atoms with E-state index in [-0.39, 0.29) is 23.3 Å². The van der Waals surface area contributed by atoms with Gasteiger partial charge in [0.15, 0.2) is 0 Å². The zero-order chi connectivity index (χ0) is 22.0. The molecule has 0 amide bonds. The molecule has 1 aliphatic heterocycles. The zero-order valence-electron chi connectivity index (χ0n) is 16.8. The van der Waals surface area contributed by atoms with Crippen LogP contribution in [0.3, 0.4) is 0 Å². The summed E-state index contributed by atoms with van der Waals surface area (Å²) in [4.78, 5) is 0. The number of aliphatic hydroxyl groups is 5. The summed E-state index contributed by atoms with van der Waals surface area (Å²) in [7, 11) is 0. The highest BCUT2D eigenvalue weighted by Crippen LogP contribution is 2.31. The summed E-state index contributed by atoms with van der Waals surface area (Å²) in [5.74, 6) is -0.577. The van der Waals surface area contributed by atoms with Gasteiger partial charge < -0.3 is 35.0 Å². The van der Waals surface area contributed by atoms with Crippen molar-refractivity contribution in [2.45, 2.75) is 63.7 Å². The standard InChI is InChI=1S/C22H27FO7/c1-11-3-5-13(6-4-11)7-15-16(23)8-14(10-24)9-17(15)29-22-20(28)18(26)19(27)21(30-22)12(2)25/h3-6,8-9,12,18-22,24-28H,7,10H2,1-2H3/t12-,18-,19-,20+,21+,22+/m0/s1. The first-order valence-electron chi connectivity index (χ1n) is 9.73. The van der Waals surface area contributed by atoms with Crippen LogP contribution in [-0.2, 0) is 17.8 Å². The van der Waals surface area contributed by atoms with Crippen molar-refractivity contribution in [3.63, 3.8) is 0 Å². The molecule has 0 aliphatic carbocycles. The zero-order valence-corrected chi connectivity index (χ0v) is 16.8. The van der Waals surface area contributed by atoms with Gasteiger partial charge in [-0.15, -0.1) is 0 Å². The van der Waals surface area contributed by atoms with Crippen LogP contribution in [0.1, 0.15) is 29.2 Å². The minimum Gasteiger partial charge on any atom is -0.462 e. The molecular formula is C22H27FO7. The number of benzene rings is 2. The van der Waals surface area contributed by atoms with Crippen LogP contribution in [0, 0.1) is 12.7 Å². The largest absolute Gasteiger partial charge is 0.462 e. The lowest BCUT2D eigenvalue weighted by Gasteiger charge is -2.41. The first-order chi connectivity index (χ1) is 14.2. The monoisotopic (exact) mass is 422 g/mol. The molecule has 1 heterocycles. The summed E-state index contributed by atoms with van der Waals surface area (Å²) >= 11 is 0. The van der Waals surface area contributed by atoms with Crippen LogP contribution in [-0.4, -0.2) is 62.3 Å². The summed E-state index contributed by atoms with van der Waals surface area (Å²) in [6.07, 6.45) is -8.43. The van der Waals surface area contributed by atoms with Crippen molar-refractivity contribution in [1.82, 2.24) is 0 Å². The SMILES string of the molecule is Cc1ccc(Cc2c(F)cc(CO)cc2O[C@@H]2O[C@H]([C@H](C)O)[C@@H](O)[C@H](O)[C@H]2O)cc1. The Morgan fingerprint density at radius 2 is 1.70 bits per heavy atom. The van der Waals surface area contributed by atoms with Gasteiger partial charge >= 0.3 is 0 Å². The Hall–Kier alpha value is -2.07. The van der Waals surface area contributed by atoms with Gasteiger partial charge in [0.2, 0.25) is 6.29 Å². The summed E-state index contributed by atoms with van der Waals surface area (Å²) in [6, 6.07) is 10.1. The van der Waals surface area contributed by atoms with Crippen LogP contribution in [0.15, 0.2) is 36.4 Å². The molecule has 164 valence electrons. The van der Waals surface area contributed by atoms with Crippen molar-refractivity contribution in [3.8, 4) is 5.75 Å². The lowest BCUT2D eigenvalue weighted by molar-refractivity contribution is -0.286. The number of rotatable bonds is 6. The summed E-state index contributed by atoms with van der Waals surface area (Å²) in [6.45, 7) is 2.88. The van der Waals surface area contributed by atoms with Crippen LogP contribution in [0.25, 0.3) is 0 Å². The molecule has 8 heteroatoms. The van der Waals surface area contributed by atoms with Crippen LogP contribution in [0.2, 0.25) is 0 Å². The highest BCUT2D eigenvalue weighted by molar-refractivity contribution is 5.42. The summed E-state index contributed by atoms with van der Waals surface area (Å²) in [5, 5.41) is 49.7. The van der Waals surface area contributed by atoms with Gasteiger partial charge in [0.25, 0.3) is 0 Å². The third-order valence-electron chi connectivity index (χ3n) is 5.22. The lowest BCUT2D eigenvalue weighted by atomic mass is 9.96. The molecule has 6 atom stereocenters. The molecule has 2 aromatic rings. The predicted molar refractivity (Wildman–Crippen MR) is 105 cm³/mol. The number of ether oxygens (including phenoxy) is 2. The molecule has 0 unspecified atom stereocenters. The van der Waals surface area contributed by atoms with E-state index >= 15 is 0 Å². The highest BCUT2D eigenvalue weighted by Gasteiger charge is 2.46. The first kappa shape index (κ1) is 22.6. The van der Waals surface area contributed by atoms with E-state index in [4.69, 9.17) is 9.47 Å². The molecule has 0 aromatic heterocycles. The molecule has 0 spiro atoms. The second-order valence-corrected chi connectivity index (χ2v) is 7.67. The predicted octanol–water partition coefficient (Wildman–Crippen LogP) is 0.784. The van der Waals surface area contributed by atoms with Gasteiger partial charge in [-0.1, -0.05) is 29.8 Å². The molecule has 1 aliphatic rings. The third kappa shape index (κ3) is 4.80. The second kappa shape index (κ2) is 9.38. The lowest BCUT2D eigenvalue weighted by Crippen LogP contribution is -2.61. The van der Waals surface area contributed by atoms with E-state index in [1.54, 1.807) is 0 Å². The van der Waals surface area contributed by atoms with E-state index in [1.165, 1.54) is 19.1 Å². The Balaban J connectivity index is 1.93. The van der Waals surface area contributed by atoms with Crippen molar-refractivity contribution in [3.05, 3.63) is 64.5 Å². The van der Waals surface area contributed by atoms with E-state index in [2.05, 4.69) is 0 Å².